The van der Waals surface area contributed by atoms with Crippen LogP contribution in [0.4, 0.5) is 0 Å². The zero-order valence-corrected chi connectivity index (χ0v) is 12.7. The van der Waals surface area contributed by atoms with E-state index in [0.29, 0.717) is 12.2 Å². The fourth-order valence-electron chi connectivity index (χ4n) is 2.58. The second-order valence-electron chi connectivity index (χ2n) is 5.14. The van der Waals surface area contributed by atoms with E-state index in [0.717, 1.165) is 30.7 Å². The average Bonchev–Trinajstić information content (AvgIpc) is 2.52. The highest BCUT2D eigenvalue weighted by molar-refractivity contribution is 8.00. The highest BCUT2D eigenvalue weighted by Gasteiger charge is 2.26. The third-order valence-electron chi connectivity index (χ3n) is 3.65. The van der Waals surface area contributed by atoms with Crippen molar-refractivity contribution in [1.82, 2.24) is 9.88 Å². The molecular weight excluding hydrogens is 288 g/mol. The third-order valence-corrected chi connectivity index (χ3v) is 4.65. The Labute approximate surface area is 128 Å². The Balaban J connectivity index is 1.87. The maximum absolute atomic E-state index is 12.4. The lowest BCUT2D eigenvalue weighted by Gasteiger charge is -2.35. The lowest BCUT2D eigenvalue weighted by Crippen LogP contribution is -2.44. The van der Waals surface area contributed by atoms with Crippen LogP contribution in [-0.4, -0.2) is 45.2 Å². The number of hydrogen-bond donors (Lipinski definition) is 1. The van der Waals surface area contributed by atoms with Crippen LogP contribution in [0.25, 0.3) is 0 Å². The molecule has 0 saturated carbocycles. The van der Waals surface area contributed by atoms with Crippen LogP contribution >= 0.6 is 11.8 Å². The molecule has 5 nitrogen and oxygen atoms in total. The Kier molecular flexibility index (Phi) is 6.04. The van der Waals surface area contributed by atoms with Gasteiger partial charge >= 0.3 is 5.97 Å². The third kappa shape index (κ3) is 5.04. The molecule has 0 aromatic carbocycles. The second kappa shape index (κ2) is 8.02. The molecule has 0 spiro atoms. The van der Waals surface area contributed by atoms with Crippen LogP contribution in [0.1, 0.15) is 32.1 Å². The standard InChI is InChI=1S/C15H20N2O3S/c18-14(11-21-13-6-8-16-9-7-13)17-10-2-1-3-12(17)4-5-15(19)20/h6-9,12H,1-5,10-11H2,(H,19,20). The highest BCUT2D eigenvalue weighted by Crippen LogP contribution is 2.23. The molecule has 1 unspecified atom stereocenters. The number of rotatable bonds is 6. The van der Waals surface area contributed by atoms with Gasteiger partial charge in [0.1, 0.15) is 0 Å². The molecule has 1 aromatic heterocycles. The van der Waals surface area contributed by atoms with E-state index in [4.69, 9.17) is 5.11 Å². The van der Waals surface area contributed by atoms with Gasteiger partial charge in [0.25, 0.3) is 0 Å². The molecule has 1 atom stereocenters. The van der Waals surface area contributed by atoms with Crippen LogP contribution in [0.3, 0.4) is 0 Å². The predicted octanol–water partition coefficient (Wildman–Crippen LogP) is 2.42. The van der Waals surface area contributed by atoms with Crippen LogP contribution in [0, 0.1) is 0 Å². The molecule has 2 rings (SSSR count). The van der Waals surface area contributed by atoms with Crippen molar-refractivity contribution in [3.8, 4) is 0 Å². The van der Waals surface area contributed by atoms with Gasteiger partial charge in [-0.1, -0.05) is 0 Å². The maximum Gasteiger partial charge on any atom is 0.303 e. The summed E-state index contributed by atoms with van der Waals surface area (Å²) in [5.74, 6) is -0.292. The number of likely N-dealkylation sites (tertiary alicyclic amines) is 1. The number of carboxylic acids is 1. The number of aliphatic carboxylic acids is 1. The Morgan fingerprint density at radius 1 is 1.33 bits per heavy atom. The van der Waals surface area contributed by atoms with Gasteiger partial charge in [-0.2, -0.15) is 0 Å². The molecule has 1 N–H and O–H groups in total. The number of carboxylic acid groups (broad SMARTS) is 1. The summed E-state index contributed by atoms with van der Waals surface area (Å²) in [6, 6.07) is 3.85. The van der Waals surface area contributed by atoms with Crippen molar-refractivity contribution in [2.45, 2.75) is 43.0 Å². The zero-order chi connectivity index (χ0) is 15.1. The minimum absolute atomic E-state index is 0.0837. The molecule has 1 saturated heterocycles. The van der Waals surface area contributed by atoms with Gasteiger partial charge in [-0.25, -0.2) is 0 Å². The summed E-state index contributed by atoms with van der Waals surface area (Å²) in [6.45, 7) is 0.750. The monoisotopic (exact) mass is 308 g/mol. The molecule has 21 heavy (non-hydrogen) atoms. The Morgan fingerprint density at radius 3 is 2.81 bits per heavy atom. The zero-order valence-electron chi connectivity index (χ0n) is 11.9. The van der Waals surface area contributed by atoms with Crippen molar-refractivity contribution in [3.05, 3.63) is 24.5 Å². The van der Waals surface area contributed by atoms with E-state index in [9.17, 15) is 9.59 Å². The van der Waals surface area contributed by atoms with E-state index < -0.39 is 5.97 Å². The minimum atomic E-state index is -0.792. The molecule has 0 radical (unpaired) electrons. The van der Waals surface area contributed by atoms with Gasteiger partial charge in [-0.3, -0.25) is 14.6 Å². The SMILES string of the molecule is O=C(O)CCC1CCCCN1C(=O)CSc1ccncc1. The molecular formula is C15H20N2O3S. The summed E-state index contributed by atoms with van der Waals surface area (Å²) >= 11 is 1.50. The first kappa shape index (κ1) is 15.8. The first-order valence-corrected chi connectivity index (χ1v) is 8.19. The Bertz CT molecular complexity index is 481. The van der Waals surface area contributed by atoms with Crippen molar-refractivity contribution < 1.29 is 14.7 Å². The van der Waals surface area contributed by atoms with E-state index >= 15 is 0 Å². The number of amides is 1. The van der Waals surface area contributed by atoms with Gasteiger partial charge in [0.05, 0.1) is 5.75 Å². The highest BCUT2D eigenvalue weighted by atomic mass is 32.2. The van der Waals surface area contributed by atoms with E-state index in [1.807, 2.05) is 17.0 Å². The number of thioether (sulfide) groups is 1. The smallest absolute Gasteiger partial charge is 0.303 e. The summed E-state index contributed by atoms with van der Waals surface area (Å²) in [6.07, 6.45) is 7.11. The van der Waals surface area contributed by atoms with Gasteiger partial charge < -0.3 is 10.0 Å². The number of aromatic nitrogens is 1. The summed E-state index contributed by atoms with van der Waals surface area (Å²) in [4.78, 5) is 29.9. The molecule has 0 aliphatic carbocycles. The summed E-state index contributed by atoms with van der Waals surface area (Å²) in [5.41, 5.74) is 0. The van der Waals surface area contributed by atoms with Gasteiger partial charge in [0.2, 0.25) is 5.91 Å². The first-order valence-electron chi connectivity index (χ1n) is 7.21. The molecule has 1 amide bonds. The normalized spacial score (nSPS) is 18.5. The molecule has 114 valence electrons. The summed E-state index contributed by atoms with van der Waals surface area (Å²) in [5, 5.41) is 8.81. The number of piperidine rings is 1. The van der Waals surface area contributed by atoms with Crippen LogP contribution < -0.4 is 0 Å². The average molecular weight is 308 g/mol. The van der Waals surface area contributed by atoms with E-state index in [2.05, 4.69) is 4.98 Å². The molecule has 1 aliphatic heterocycles. The largest absolute Gasteiger partial charge is 0.481 e. The maximum atomic E-state index is 12.4. The number of hydrogen-bond acceptors (Lipinski definition) is 4. The lowest BCUT2D eigenvalue weighted by atomic mass is 9.98. The fourth-order valence-corrected chi connectivity index (χ4v) is 3.35. The summed E-state index contributed by atoms with van der Waals surface area (Å²) in [7, 11) is 0. The van der Waals surface area contributed by atoms with Crippen molar-refractivity contribution in [3.63, 3.8) is 0 Å². The fraction of sp³-hybridized carbons (Fsp3) is 0.533. The van der Waals surface area contributed by atoms with E-state index in [1.54, 1.807) is 12.4 Å². The second-order valence-corrected chi connectivity index (χ2v) is 6.19. The van der Waals surface area contributed by atoms with Crippen LogP contribution in [0.15, 0.2) is 29.4 Å². The van der Waals surface area contributed by atoms with Crippen LogP contribution in [-0.2, 0) is 9.59 Å². The lowest BCUT2D eigenvalue weighted by molar-refractivity contribution is -0.139. The predicted molar refractivity (Wildman–Crippen MR) is 81.2 cm³/mol. The molecule has 0 bridgehead atoms. The molecule has 1 fully saturated rings. The quantitative estimate of drug-likeness (QED) is 0.817. The van der Waals surface area contributed by atoms with E-state index in [1.165, 1.54) is 11.8 Å². The van der Waals surface area contributed by atoms with Gasteiger partial charge in [-0.15, -0.1) is 11.8 Å². The van der Waals surface area contributed by atoms with Gasteiger partial charge in [-0.05, 0) is 37.8 Å². The van der Waals surface area contributed by atoms with Crippen LogP contribution in [0.5, 0.6) is 0 Å². The van der Waals surface area contributed by atoms with Gasteiger partial charge in [0, 0.05) is 36.3 Å². The van der Waals surface area contributed by atoms with Crippen molar-refractivity contribution >= 4 is 23.6 Å². The van der Waals surface area contributed by atoms with Crippen LogP contribution in [0.2, 0.25) is 0 Å². The Morgan fingerprint density at radius 2 is 2.10 bits per heavy atom. The van der Waals surface area contributed by atoms with Crippen molar-refractivity contribution in [2.24, 2.45) is 0 Å². The molecule has 6 heteroatoms. The Hall–Kier alpha value is -1.56. The minimum Gasteiger partial charge on any atom is -0.481 e. The number of carbonyl (C=O) groups is 2. The first-order chi connectivity index (χ1) is 10.2. The van der Waals surface area contributed by atoms with Crippen molar-refractivity contribution in [1.29, 1.82) is 0 Å². The number of carbonyl (C=O) groups excluding carboxylic acids is 1. The molecule has 1 aliphatic rings. The molecule has 2 heterocycles. The number of pyridine rings is 1. The topological polar surface area (TPSA) is 70.5 Å². The van der Waals surface area contributed by atoms with E-state index in [-0.39, 0.29) is 18.4 Å². The summed E-state index contributed by atoms with van der Waals surface area (Å²) < 4.78 is 0. The number of nitrogens with zero attached hydrogens (tertiary/aromatic N) is 2. The van der Waals surface area contributed by atoms with Crippen molar-refractivity contribution in [2.75, 3.05) is 12.3 Å². The van der Waals surface area contributed by atoms with Gasteiger partial charge in [0.15, 0.2) is 0 Å². The molecule has 1 aromatic rings.